The first-order valence-electron chi connectivity index (χ1n) is 8.94. The molecule has 3 aromatic carbocycles. The van der Waals surface area contributed by atoms with Crippen LogP contribution < -0.4 is 9.47 Å². The van der Waals surface area contributed by atoms with Crippen LogP contribution in [0.15, 0.2) is 66.7 Å². The summed E-state index contributed by atoms with van der Waals surface area (Å²) in [5.74, 6) is -0.687. The molecule has 0 atom stereocenters. The maximum Gasteiger partial charge on any atom is 0.511 e. The maximum atomic E-state index is 13.6. The van der Waals surface area contributed by atoms with Crippen molar-refractivity contribution in [2.24, 2.45) is 0 Å². The monoisotopic (exact) mass is 405 g/mol. The molecule has 0 aliphatic heterocycles. The summed E-state index contributed by atoms with van der Waals surface area (Å²) in [5, 5.41) is 19.7. The molecular formula is C23H16FNO5. The fraction of sp³-hybridized carbons (Fsp3) is 0.0435. The molecule has 1 heterocycles. The molecular weight excluding hydrogens is 389 g/mol. The molecule has 1 aromatic heterocycles. The zero-order valence-corrected chi connectivity index (χ0v) is 15.8. The van der Waals surface area contributed by atoms with Gasteiger partial charge in [-0.05, 0) is 41.5 Å². The average molecular weight is 405 g/mol. The van der Waals surface area contributed by atoms with Gasteiger partial charge >= 0.3 is 6.16 Å². The van der Waals surface area contributed by atoms with Crippen LogP contribution in [-0.2, 0) is 0 Å². The number of rotatable bonds is 4. The summed E-state index contributed by atoms with van der Waals surface area (Å²) in [5.41, 5.74) is 2.88. The number of methoxy groups -OCH3 is 1. The predicted octanol–water partition coefficient (Wildman–Crippen LogP) is 5.48. The largest absolute Gasteiger partial charge is 0.511 e. The molecule has 4 aromatic rings. The van der Waals surface area contributed by atoms with E-state index in [9.17, 15) is 14.3 Å². The zero-order valence-electron chi connectivity index (χ0n) is 15.8. The summed E-state index contributed by atoms with van der Waals surface area (Å²) in [6, 6.07) is 18.4. The van der Waals surface area contributed by atoms with Crippen LogP contribution in [0, 0.1) is 5.82 Å². The fourth-order valence-corrected chi connectivity index (χ4v) is 3.19. The molecule has 0 saturated carbocycles. The van der Waals surface area contributed by atoms with Crippen molar-refractivity contribution in [1.82, 2.24) is 4.98 Å². The lowest BCUT2D eigenvalue weighted by atomic mass is 10.0. The van der Waals surface area contributed by atoms with E-state index in [1.807, 2.05) is 36.4 Å². The third-order valence-corrected chi connectivity index (χ3v) is 4.65. The van der Waals surface area contributed by atoms with Crippen LogP contribution in [0.3, 0.4) is 0 Å². The summed E-state index contributed by atoms with van der Waals surface area (Å²) in [6.07, 6.45) is -1.62. The van der Waals surface area contributed by atoms with Crippen LogP contribution in [0.5, 0.6) is 17.2 Å². The number of halogens is 1. The molecule has 0 aliphatic carbocycles. The lowest BCUT2D eigenvalue weighted by Crippen LogP contribution is -2.05. The first-order valence-corrected chi connectivity index (χ1v) is 8.94. The minimum atomic E-state index is -1.62. The van der Waals surface area contributed by atoms with Crippen LogP contribution in [0.4, 0.5) is 9.18 Å². The number of hydrogen-bond donors (Lipinski definition) is 2. The Labute approximate surface area is 170 Å². The highest BCUT2D eigenvalue weighted by molar-refractivity contribution is 5.93. The summed E-state index contributed by atoms with van der Waals surface area (Å²) >= 11 is 0. The van der Waals surface area contributed by atoms with Gasteiger partial charge < -0.3 is 19.7 Å². The zero-order chi connectivity index (χ0) is 21.3. The predicted molar refractivity (Wildman–Crippen MR) is 109 cm³/mol. The average Bonchev–Trinajstić information content (AvgIpc) is 2.76. The third-order valence-electron chi connectivity index (χ3n) is 4.65. The van der Waals surface area contributed by atoms with E-state index < -0.39 is 17.7 Å². The molecule has 0 unspecified atom stereocenters. The number of carboxylic acid groups (broad SMARTS) is 1. The maximum absolute atomic E-state index is 13.6. The standard InChI is InChI=1S/C23H16FNO5/c1-29-17-9-6-14(7-10-17)13-2-4-15(5-3-13)20-21(26)22(30-23(27)28)18-12-16(24)8-11-19(18)25-20/h2-12,26H,1H3,(H,27,28). The summed E-state index contributed by atoms with van der Waals surface area (Å²) in [6.45, 7) is 0. The topological polar surface area (TPSA) is 88.9 Å². The summed E-state index contributed by atoms with van der Waals surface area (Å²) in [7, 11) is 1.60. The van der Waals surface area contributed by atoms with Gasteiger partial charge in [0, 0.05) is 5.56 Å². The van der Waals surface area contributed by atoms with Crippen LogP contribution in [-0.4, -0.2) is 28.5 Å². The number of ether oxygens (including phenoxy) is 2. The van der Waals surface area contributed by atoms with Crippen molar-refractivity contribution in [2.75, 3.05) is 7.11 Å². The molecule has 0 amide bonds. The van der Waals surface area contributed by atoms with Gasteiger partial charge in [0.15, 0.2) is 11.5 Å². The highest BCUT2D eigenvalue weighted by Crippen LogP contribution is 2.41. The Kier molecular flexibility index (Phi) is 4.93. The number of aromatic hydroxyl groups is 1. The Morgan fingerprint density at radius 2 is 1.53 bits per heavy atom. The van der Waals surface area contributed by atoms with Gasteiger partial charge in [-0.15, -0.1) is 0 Å². The van der Waals surface area contributed by atoms with E-state index in [0.29, 0.717) is 11.1 Å². The fourth-order valence-electron chi connectivity index (χ4n) is 3.19. The van der Waals surface area contributed by atoms with Crippen molar-refractivity contribution in [3.8, 4) is 39.6 Å². The van der Waals surface area contributed by atoms with Crippen molar-refractivity contribution < 1.29 is 28.9 Å². The third kappa shape index (κ3) is 3.60. The van der Waals surface area contributed by atoms with E-state index in [0.717, 1.165) is 22.9 Å². The number of fused-ring (bicyclic) bond motifs is 1. The molecule has 2 N–H and O–H groups in total. The van der Waals surface area contributed by atoms with Crippen molar-refractivity contribution >= 4 is 17.1 Å². The molecule has 0 fully saturated rings. The molecule has 150 valence electrons. The van der Waals surface area contributed by atoms with Crippen LogP contribution in [0.2, 0.25) is 0 Å². The van der Waals surface area contributed by atoms with Gasteiger partial charge in [0.05, 0.1) is 18.0 Å². The lowest BCUT2D eigenvalue weighted by Gasteiger charge is -2.12. The van der Waals surface area contributed by atoms with Crippen molar-refractivity contribution in [3.05, 3.63) is 72.5 Å². The SMILES string of the molecule is COc1ccc(-c2ccc(-c3nc4ccc(F)cc4c(OC(=O)O)c3O)cc2)cc1. The van der Waals surface area contributed by atoms with Crippen LogP contribution in [0.1, 0.15) is 0 Å². The number of carbonyl (C=O) groups is 1. The lowest BCUT2D eigenvalue weighted by molar-refractivity contribution is 0.143. The quantitative estimate of drug-likeness (QED) is 0.437. The normalized spacial score (nSPS) is 10.7. The molecule has 30 heavy (non-hydrogen) atoms. The molecule has 0 spiro atoms. The van der Waals surface area contributed by atoms with Gasteiger partial charge in [0.25, 0.3) is 0 Å². The van der Waals surface area contributed by atoms with Crippen molar-refractivity contribution in [3.63, 3.8) is 0 Å². The van der Waals surface area contributed by atoms with Gasteiger partial charge in [0.2, 0.25) is 0 Å². The van der Waals surface area contributed by atoms with Gasteiger partial charge in [-0.3, -0.25) is 0 Å². The second-order valence-corrected chi connectivity index (χ2v) is 6.47. The van der Waals surface area contributed by atoms with Gasteiger partial charge in [-0.1, -0.05) is 36.4 Å². The number of benzene rings is 3. The van der Waals surface area contributed by atoms with Gasteiger partial charge in [0.1, 0.15) is 17.3 Å². The Morgan fingerprint density at radius 3 is 2.13 bits per heavy atom. The first kappa shape index (κ1) is 19.2. The Bertz CT molecular complexity index is 1240. The molecule has 0 bridgehead atoms. The highest BCUT2D eigenvalue weighted by Gasteiger charge is 2.20. The molecule has 6 nitrogen and oxygen atoms in total. The number of pyridine rings is 1. The van der Waals surface area contributed by atoms with Crippen molar-refractivity contribution in [1.29, 1.82) is 0 Å². The van der Waals surface area contributed by atoms with Gasteiger partial charge in [-0.2, -0.15) is 0 Å². The minimum absolute atomic E-state index is 0.0634. The molecule has 7 heteroatoms. The smallest absolute Gasteiger partial charge is 0.503 e. The van der Waals surface area contributed by atoms with E-state index >= 15 is 0 Å². The Hall–Kier alpha value is -4.13. The number of hydrogen-bond acceptors (Lipinski definition) is 5. The van der Waals surface area contributed by atoms with E-state index in [1.165, 1.54) is 12.1 Å². The number of aromatic nitrogens is 1. The minimum Gasteiger partial charge on any atom is -0.503 e. The molecule has 0 radical (unpaired) electrons. The van der Waals surface area contributed by atoms with E-state index in [-0.39, 0.29) is 16.8 Å². The number of nitrogens with zero attached hydrogens (tertiary/aromatic N) is 1. The van der Waals surface area contributed by atoms with Gasteiger partial charge in [-0.25, -0.2) is 14.2 Å². The summed E-state index contributed by atoms with van der Waals surface area (Å²) in [4.78, 5) is 15.5. The Morgan fingerprint density at radius 1 is 0.933 bits per heavy atom. The van der Waals surface area contributed by atoms with E-state index in [4.69, 9.17) is 14.6 Å². The van der Waals surface area contributed by atoms with Crippen molar-refractivity contribution in [2.45, 2.75) is 0 Å². The second-order valence-electron chi connectivity index (χ2n) is 6.47. The van der Waals surface area contributed by atoms with E-state index in [2.05, 4.69) is 4.98 Å². The summed E-state index contributed by atoms with van der Waals surface area (Å²) < 4.78 is 23.5. The molecule has 0 saturated heterocycles. The van der Waals surface area contributed by atoms with E-state index in [1.54, 1.807) is 19.2 Å². The highest BCUT2D eigenvalue weighted by atomic mass is 19.1. The Balaban J connectivity index is 1.79. The van der Waals surface area contributed by atoms with Crippen LogP contribution >= 0.6 is 0 Å². The molecule has 0 aliphatic rings. The second kappa shape index (κ2) is 7.71. The molecule has 4 rings (SSSR count). The first-order chi connectivity index (χ1) is 14.5. The van der Waals surface area contributed by atoms with Crippen LogP contribution in [0.25, 0.3) is 33.3 Å².